The molecule has 1 aromatic carbocycles. The quantitative estimate of drug-likeness (QED) is 0.674. The minimum absolute atomic E-state index is 0.0740. The Labute approximate surface area is 115 Å². The molecule has 104 valence electrons. The molecule has 0 unspecified atom stereocenters. The molecule has 0 radical (unpaired) electrons. The van der Waals surface area contributed by atoms with Crippen LogP contribution in [0.25, 0.3) is 11.5 Å². The van der Waals surface area contributed by atoms with E-state index >= 15 is 0 Å². The Morgan fingerprint density at radius 2 is 1.90 bits per heavy atom. The van der Waals surface area contributed by atoms with Crippen molar-refractivity contribution in [1.82, 2.24) is 4.98 Å². The molecule has 5 nitrogen and oxygen atoms in total. The third kappa shape index (κ3) is 2.49. The summed E-state index contributed by atoms with van der Waals surface area (Å²) in [5.74, 6) is 0.00378. The van der Waals surface area contributed by atoms with Crippen LogP contribution in [0.1, 0.15) is 5.56 Å². The Morgan fingerprint density at radius 3 is 2.50 bits per heavy atom. The molecule has 6 N–H and O–H groups in total. The first-order valence-corrected chi connectivity index (χ1v) is 5.83. The number of rotatable bonds is 2. The molecule has 1 heterocycles. The number of halogens is 1. The highest BCUT2D eigenvalue weighted by molar-refractivity contribution is 5.64. The fourth-order valence-corrected chi connectivity index (χ4v) is 1.85. The van der Waals surface area contributed by atoms with Crippen LogP contribution in [-0.4, -0.2) is 12.1 Å². The summed E-state index contributed by atoms with van der Waals surface area (Å²) in [6.45, 7) is 0. The molecule has 2 aromatic rings. The van der Waals surface area contributed by atoms with E-state index in [0.29, 0.717) is 16.2 Å². The number of aromatic nitrogens is 1. The number of hydrogen-bond acceptors (Lipinski definition) is 5. The normalized spacial score (nSPS) is 11.9. The standard InChI is InChI=1S/C14H15FN4O/c1-20-8-2-3-10(12(15)6-8)13(16)9-4-5-19-7-11(9)14(17)18/h2-7H,16-18H2,1H3/b13-9-. The Hall–Kier alpha value is -2.76. The Balaban J connectivity index is 2.77. The first kappa shape index (κ1) is 13.7. The van der Waals surface area contributed by atoms with Gasteiger partial charge >= 0.3 is 0 Å². The minimum Gasteiger partial charge on any atom is -0.497 e. The Kier molecular flexibility index (Phi) is 3.74. The average Bonchev–Trinajstić information content (AvgIpc) is 2.46. The third-order valence-electron chi connectivity index (χ3n) is 2.89. The van der Waals surface area contributed by atoms with Crippen LogP contribution in [0, 0.1) is 5.82 Å². The van der Waals surface area contributed by atoms with E-state index in [2.05, 4.69) is 4.98 Å². The summed E-state index contributed by atoms with van der Waals surface area (Å²) >= 11 is 0. The summed E-state index contributed by atoms with van der Waals surface area (Å²) in [5.41, 5.74) is 17.7. The fraction of sp³-hybridized carbons (Fsp3) is 0.0714. The molecule has 0 saturated heterocycles. The highest BCUT2D eigenvalue weighted by Crippen LogP contribution is 2.18. The van der Waals surface area contributed by atoms with E-state index in [9.17, 15) is 4.39 Å². The van der Waals surface area contributed by atoms with Crippen LogP contribution >= 0.6 is 0 Å². The summed E-state index contributed by atoms with van der Waals surface area (Å²) in [7, 11) is 1.46. The van der Waals surface area contributed by atoms with E-state index in [1.54, 1.807) is 18.2 Å². The van der Waals surface area contributed by atoms with Gasteiger partial charge in [0.25, 0.3) is 0 Å². The van der Waals surface area contributed by atoms with Gasteiger partial charge in [0.05, 0.1) is 7.11 Å². The van der Waals surface area contributed by atoms with Crippen LogP contribution in [0.3, 0.4) is 0 Å². The van der Waals surface area contributed by atoms with Gasteiger partial charge < -0.3 is 21.9 Å². The maximum atomic E-state index is 14.0. The van der Waals surface area contributed by atoms with Gasteiger partial charge in [0, 0.05) is 40.2 Å². The van der Waals surface area contributed by atoms with Gasteiger partial charge in [-0.3, -0.25) is 4.98 Å². The average molecular weight is 274 g/mol. The van der Waals surface area contributed by atoms with Crippen molar-refractivity contribution in [1.29, 1.82) is 0 Å². The number of hydrogen-bond donors (Lipinski definition) is 3. The molecule has 0 aliphatic rings. The molecule has 0 spiro atoms. The maximum Gasteiger partial charge on any atom is 0.136 e. The van der Waals surface area contributed by atoms with Crippen LogP contribution in [0.15, 0.2) is 36.7 Å². The second-order valence-electron chi connectivity index (χ2n) is 4.14. The van der Waals surface area contributed by atoms with E-state index in [1.807, 2.05) is 0 Å². The molecule has 6 heteroatoms. The zero-order valence-corrected chi connectivity index (χ0v) is 10.9. The highest BCUT2D eigenvalue weighted by atomic mass is 19.1. The van der Waals surface area contributed by atoms with Gasteiger partial charge in [-0.2, -0.15) is 0 Å². The smallest absolute Gasteiger partial charge is 0.136 e. The predicted molar refractivity (Wildman–Crippen MR) is 74.9 cm³/mol. The zero-order chi connectivity index (χ0) is 14.7. The lowest BCUT2D eigenvalue weighted by Gasteiger charge is -2.06. The maximum absolute atomic E-state index is 14.0. The van der Waals surface area contributed by atoms with Crippen molar-refractivity contribution in [2.75, 3.05) is 7.11 Å². The van der Waals surface area contributed by atoms with Crippen LogP contribution in [0.4, 0.5) is 4.39 Å². The molecule has 0 amide bonds. The van der Waals surface area contributed by atoms with Crippen molar-refractivity contribution in [2.45, 2.75) is 0 Å². The Bertz CT molecular complexity index is 754. The van der Waals surface area contributed by atoms with Crippen molar-refractivity contribution in [3.8, 4) is 5.75 Å². The van der Waals surface area contributed by atoms with Gasteiger partial charge in [-0.05, 0) is 18.2 Å². The topological polar surface area (TPSA) is 100 Å². The summed E-state index contributed by atoms with van der Waals surface area (Å²) in [6, 6.07) is 6.06. The first-order chi connectivity index (χ1) is 9.54. The van der Waals surface area contributed by atoms with Gasteiger partial charge in [-0.1, -0.05) is 0 Å². The molecule has 0 aliphatic carbocycles. The van der Waals surface area contributed by atoms with Crippen molar-refractivity contribution in [3.05, 3.63) is 58.5 Å². The van der Waals surface area contributed by atoms with Crippen LogP contribution in [-0.2, 0) is 0 Å². The SMILES string of the molecule is COc1ccc(/C(N)=c2\ccncc2=C(N)N)c(F)c1. The predicted octanol–water partition coefficient (Wildman–Crippen LogP) is -0.672. The fourth-order valence-electron chi connectivity index (χ4n) is 1.85. The molecule has 0 aliphatic heterocycles. The van der Waals surface area contributed by atoms with Gasteiger partial charge in [-0.15, -0.1) is 0 Å². The second kappa shape index (κ2) is 5.48. The number of nitrogens with zero attached hydrogens (tertiary/aromatic N) is 1. The molecule has 0 saturated carbocycles. The molecular formula is C14H15FN4O. The van der Waals surface area contributed by atoms with Crippen molar-refractivity contribution in [3.63, 3.8) is 0 Å². The van der Waals surface area contributed by atoms with Crippen LogP contribution in [0.5, 0.6) is 5.75 Å². The van der Waals surface area contributed by atoms with Gasteiger partial charge in [0.15, 0.2) is 0 Å². The van der Waals surface area contributed by atoms with Gasteiger partial charge in [0.1, 0.15) is 17.4 Å². The van der Waals surface area contributed by atoms with Gasteiger partial charge in [-0.25, -0.2) is 4.39 Å². The monoisotopic (exact) mass is 274 g/mol. The van der Waals surface area contributed by atoms with Crippen molar-refractivity contribution >= 4 is 11.5 Å². The highest BCUT2D eigenvalue weighted by Gasteiger charge is 2.08. The lowest BCUT2D eigenvalue weighted by Crippen LogP contribution is -2.36. The van der Waals surface area contributed by atoms with Crippen LogP contribution < -0.4 is 32.4 Å². The zero-order valence-electron chi connectivity index (χ0n) is 10.9. The van der Waals surface area contributed by atoms with E-state index in [4.69, 9.17) is 21.9 Å². The molecule has 2 rings (SSSR count). The largest absolute Gasteiger partial charge is 0.497 e. The van der Waals surface area contributed by atoms with Crippen LogP contribution in [0.2, 0.25) is 0 Å². The number of pyridine rings is 1. The molecule has 20 heavy (non-hydrogen) atoms. The summed E-state index contributed by atoms with van der Waals surface area (Å²) in [6.07, 6.45) is 3.02. The summed E-state index contributed by atoms with van der Waals surface area (Å²) < 4.78 is 19.0. The van der Waals surface area contributed by atoms with E-state index < -0.39 is 5.82 Å². The second-order valence-corrected chi connectivity index (χ2v) is 4.14. The first-order valence-electron chi connectivity index (χ1n) is 5.83. The molecule has 0 fully saturated rings. The summed E-state index contributed by atoms with van der Waals surface area (Å²) in [5, 5.41) is 1.00. The van der Waals surface area contributed by atoms with Crippen molar-refractivity contribution in [2.24, 2.45) is 17.2 Å². The molecule has 1 aromatic heterocycles. The number of benzene rings is 1. The lowest BCUT2D eigenvalue weighted by molar-refractivity contribution is 0.411. The van der Waals surface area contributed by atoms with Crippen molar-refractivity contribution < 1.29 is 9.13 Å². The summed E-state index contributed by atoms with van der Waals surface area (Å²) in [4.78, 5) is 3.93. The number of ether oxygens (including phenoxy) is 1. The Morgan fingerprint density at radius 1 is 1.15 bits per heavy atom. The lowest BCUT2D eigenvalue weighted by atomic mass is 10.1. The number of methoxy groups -OCH3 is 1. The van der Waals surface area contributed by atoms with E-state index in [-0.39, 0.29) is 17.1 Å². The van der Waals surface area contributed by atoms with E-state index in [1.165, 1.54) is 25.6 Å². The molecule has 0 atom stereocenters. The van der Waals surface area contributed by atoms with E-state index in [0.717, 1.165) is 0 Å². The van der Waals surface area contributed by atoms with Gasteiger partial charge in [0.2, 0.25) is 0 Å². The number of nitrogens with two attached hydrogens (primary N) is 3. The minimum atomic E-state index is -0.486. The third-order valence-corrected chi connectivity index (χ3v) is 2.89. The molecule has 0 bridgehead atoms. The molecular weight excluding hydrogens is 259 g/mol.